The monoisotopic (exact) mass is 287 g/mol. The van der Waals surface area contributed by atoms with Crippen LogP contribution >= 0.6 is 0 Å². The van der Waals surface area contributed by atoms with Crippen LogP contribution in [0.5, 0.6) is 11.5 Å². The van der Waals surface area contributed by atoms with Gasteiger partial charge in [0.15, 0.2) is 0 Å². The number of hydrogen-bond acceptors (Lipinski definition) is 5. The number of methoxy groups -OCH3 is 2. The van der Waals surface area contributed by atoms with E-state index < -0.39 is 0 Å². The smallest absolute Gasteiger partial charge is 0.134 e. The third-order valence-electron chi connectivity index (χ3n) is 4.25. The highest BCUT2D eigenvalue weighted by atomic mass is 16.5. The van der Waals surface area contributed by atoms with Gasteiger partial charge in [0, 0.05) is 23.7 Å². The Kier molecular flexibility index (Phi) is 3.84. The molecule has 1 aromatic heterocycles. The highest BCUT2D eigenvalue weighted by molar-refractivity contribution is 5.97. The number of benzene rings is 1. The van der Waals surface area contributed by atoms with Crippen molar-refractivity contribution in [1.82, 2.24) is 4.98 Å². The molecule has 3 N–H and O–H groups in total. The van der Waals surface area contributed by atoms with Crippen LogP contribution in [0.2, 0.25) is 0 Å². The molecule has 0 spiro atoms. The first-order valence-corrected chi connectivity index (χ1v) is 7.30. The second-order valence-electron chi connectivity index (χ2n) is 5.44. The molecule has 3 rings (SSSR count). The van der Waals surface area contributed by atoms with E-state index in [1.54, 1.807) is 14.2 Å². The number of hydrazine groups is 1. The number of fused-ring (bicyclic) bond motifs is 1. The van der Waals surface area contributed by atoms with Crippen LogP contribution in [-0.2, 0) is 0 Å². The van der Waals surface area contributed by atoms with Gasteiger partial charge in [-0.05, 0) is 18.9 Å². The molecule has 21 heavy (non-hydrogen) atoms. The predicted octanol–water partition coefficient (Wildman–Crippen LogP) is 3.20. The van der Waals surface area contributed by atoms with Gasteiger partial charge >= 0.3 is 0 Å². The molecule has 1 fully saturated rings. The van der Waals surface area contributed by atoms with E-state index >= 15 is 0 Å². The third-order valence-corrected chi connectivity index (χ3v) is 4.25. The van der Waals surface area contributed by atoms with E-state index in [2.05, 4.69) is 5.43 Å². The minimum atomic E-state index is 0.527. The molecule has 1 aliphatic rings. The van der Waals surface area contributed by atoms with E-state index in [9.17, 15) is 0 Å². The maximum Gasteiger partial charge on any atom is 0.134 e. The van der Waals surface area contributed by atoms with Crippen molar-refractivity contribution in [2.75, 3.05) is 19.6 Å². The number of nitrogens with zero attached hydrogens (tertiary/aromatic N) is 1. The van der Waals surface area contributed by atoms with Crippen LogP contribution in [0, 0.1) is 0 Å². The highest BCUT2D eigenvalue weighted by Gasteiger charge is 2.21. The average molecular weight is 287 g/mol. The van der Waals surface area contributed by atoms with Crippen LogP contribution in [0.1, 0.15) is 37.3 Å². The van der Waals surface area contributed by atoms with Gasteiger partial charge in [0.1, 0.15) is 11.5 Å². The Labute approximate surface area is 124 Å². The summed E-state index contributed by atoms with van der Waals surface area (Å²) >= 11 is 0. The molecule has 1 aromatic carbocycles. The Hall–Kier alpha value is -2.01. The van der Waals surface area contributed by atoms with Gasteiger partial charge in [-0.2, -0.15) is 0 Å². The van der Waals surface area contributed by atoms with Crippen molar-refractivity contribution >= 4 is 16.6 Å². The fraction of sp³-hybridized carbons (Fsp3) is 0.438. The summed E-state index contributed by atoms with van der Waals surface area (Å²) in [6.07, 6.45) is 4.95. The van der Waals surface area contributed by atoms with Crippen LogP contribution in [0.25, 0.3) is 10.9 Å². The number of ether oxygens (including phenoxy) is 2. The summed E-state index contributed by atoms with van der Waals surface area (Å²) in [7, 11) is 3.28. The summed E-state index contributed by atoms with van der Waals surface area (Å²) in [6.45, 7) is 0. The van der Waals surface area contributed by atoms with Crippen molar-refractivity contribution in [3.8, 4) is 11.5 Å². The van der Waals surface area contributed by atoms with Gasteiger partial charge in [0.2, 0.25) is 0 Å². The van der Waals surface area contributed by atoms with E-state index in [4.69, 9.17) is 20.3 Å². The molecule has 1 heterocycles. The zero-order valence-electron chi connectivity index (χ0n) is 12.5. The quantitative estimate of drug-likeness (QED) is 0.667. The fourth-order valence-corrected chi connectivity index (χ4v) is 3.15. The largest absolute Gasteiger partial charge is 0.497 e. The Morgan fingerprint density at radius 2 is 1.90 bits per heavy atom. The number of nitrogens with two attached hydrogens (primary N) is 1. The van der Waals surface area contributed by atoms with E-state index in [0.29, 0.717) is 11.7 Å². The van der Waals surface area contributed by atoms with Gasteiger partial charge in [-0.15, -0.1) is 0 Å². The number of rotatable bonds is 4. The maximum atomic E-state index is 5.71. The molecule has 2 aromatic rings. The Bertz CT molecular complexity index is 652. The van der Waals surface area contributed by atoms with Gasteiger partial charge in [0.25, 0.3) is 0 Å². The lowest BCUT2D eigenvalue weighted by Crippen LogP contribution is -2.10. The van der Waals surface area contributed by atoms with Gasteiger partial charge in [-0.25, -0.2) is 0 Å². The zero-order chi connectivity index (χ0) is 14.8. The molecule has 0 radical (unpaired) electrons. The minimum absolute atomic E-state index is 0.527. The molecule has 5 nitrogen and oxygen atoms in total. The zero-order valence-corrected chi connectivity index (χ0v) is 12.5. The molecule has 0 amide bonds. The molecule has 5 heteroatoms. The lowest BCUT2D eigenvalue weighted by atomic mass is 10.0. The predicted molar refractivity (Wildman–Crippen MR) is 83.9 cm³/mol. The number of nitrogen functional groups attached to an aromatic ring is 1. The summed E-state index contributed by atoms with van der Waals surface area (Å²) < 4.78 is 10.8. The van der Waals surface area contributed by atoms with E-state index in [-0.39, 0.29) is 0 Å². The summed E-state index contributed by atoms with van der Waals surface area (Å²) in [5, 5.41) is 0.891. The lowest BCUT2D eigenvalue weighted by Gasteiger charge is -2.16. The van der Waals surface area contributed by atoms with Gasteiger partial charge in [0.05, 0.1) is 30.8 Å². The number of nitrogens with one attached hydrogen (secondary N) is 1. The van der Waals surface area contributed by atoms with Gasteiger partial charge in [-0.1, -0.05) is 12.8 Å². The van der Waals surface area contributed by atoms with Crippen molar-refractivity contribution in [3.63, 3.8) is 0 Å². The molecular formula is C16H21N3O2. The van der Waals surface area contributed by atoms with Crippen molar-refractivity contribution in [1.29, 1.82) is 0 Å². The number of pyridine rings is 1. The first-order valence-electron chi connectivity index (χ1n) is 7.30. The van der Waals surface area contributed by atoms with Crippen LogP contribution in [0.3, 0.4) is 0 Å². The van der Waals surface area contributed by atoms with Gasteiger partial charge < -0.3 is 14.9 Å². The fourth-order valence-electron chi connectivity index (χ4n) is 3.15. The number of hydrogen-bond donors (Lipinski definition) is 2. The molecule has 112 valence electrons. The summed E-state index contributed by atoms with van der Waals surface area (Å²) in [5.74, 6) is 7.69. The van der Waals surface area contributed by atoms with Crippen LogP contribution in [0.4, 0.5) is 5.69 Å². The van der Waals surface area contributed by atoms with Crippen molar-refractivity contribution in [3.05, 3.63) is 23.9 Å². The Balaban J connectivity index is 2.21. The normalized spacial score (nSPS) is 15.4. The van der Waals surface area contributed by atoms with Crippen LogP contribution in [-0.4, -0.2) is 19.2 Å². The molecule has 1 saturated carbocycles. The van der Waals surface area contributed by atoms with Crippen molar-refractivity contribution in [2.45, 2.75) is 31.6 Å². The molecule has 1 aliphatic carbocycles. The number of anilines is 1. The standard InChI is InChI=1S/C16H21N3O2/c1-20-11-7-13-16(15(8-11)21-2)14(19-17)9-12(18-13)10-5-3-4-6-10/h7-10H,3-6,17H2,1-2H3,(H,18,19). The Morgan fingerprint density at radius 1 is 1.14 bits per heavy atom. The van der Waals surface area contributed by atoms with E-state index in [0.717, 1.165) is 28.0 Å². The topological polar surface area (TPSA) is 69.4 Å². The molecular weight excluding hydrogens is 266 g/mol. The maximum absolute atomic E-state index is 5.71. The van der Waals surface area contributed by atoms with Crippen molar-refractivity contribution < 1.29 is 9.47 Å². The molecule has 0 unspecified atom stereocenters. The van der Waals surface area contributed by atoms with E-state index in [1.807, 2.05) is 18.2 Å². The first-order chi connectivity index (χ1) is 10.3. The second kappa shape index (κ2) is 5.77. The van der Waals surface area contributed by atoms with E-state index in [1.165, 1.54) is 25.7 Å². The highest BCUT2D eigenvalue weighted by Crippen LogP contribution is 2.39. The van der Waals surface area contributed by atoms with Gasteiger partial charge in [-0.3, -0.25) is 10.8 Å². The average Bonchev–Trinajstić information content (AvgIpc) is 3.06. The summed E-state index contributed by atoms with van der Waals surface area (Å²) in [5.41, 5.74) is 5.58. The second-order valence-corrected chi connectivity index (χ2v) is 5.44. The minimum Gasteiger partial charge on any atom is -0.497 e. The van der Waals surface area contributed by atoms with Crippen LogP contribution in [0.15, 0.2) is 18.2 Å². The summed E-state index contributed by atoms with van der Waals surface area (Å²) in [6, 6.07) is 5.82. The molecule has 0 bridgehead atoms. The lowest BCUT2D eigenvalue weighted by molar-refractivity contribution is 0.398. The molecule has 0 aliphatic heterocycles. The van der Waals surface area contributed by atoms with Crippen molar-refractivity contribution in [2.24, 2.45) is 5.84 Å². The molecule has 0 saturated heterocycles. The first kappa shape index (κ1) is 13.9. The number of aromatic nitrogens is 1. The van der Waals surface area contributed by atoms with Crippen LogP contribution < -0.4 is 20.7 Å². The Morgan fingerprint density at radius 3 is 2.52 bits per heavy atom. The third kappa shape index (κ3) is 2.49. The summed E-state index contributed by atoms with van der Waals surface area (Å²) in [4.78, 5) is 4.83. The molecule has 0 atom stereocenters. The SMILES string of the molecule is COc1cc(OC)c2c(NN)cc(C3CCCC3)nc2c1.